The highest BCUT2D eigenvalue weighted by Crippen LogP contribution is 2.25. The van der Waals surface area contributed by atoms with Gasteiger partial charge in [0.1, 0.15) is 17.3 Å². The monoisotopic (exact) mass is 404 g/mol. The zero-order valence-electron chi connectivity index (χ0n) is 17.4. The van der Waals surface area contributed by atoms with Crippen LogP contribution in [0.25, 0.3) is 11.0 Å². The lowest BCUT2D eigenvalue weighted by molar-refractivity contribution is -0.156. The first-order valence-electron chi connectivity index (χ1n) is 9.42. The fourth-order valence-electron chi connectivity index (χ4n) is 2.74. The first-order chi connectivity index (χ1) is 13.6. The number of aliphatic hydroxyl groups excluding tert-OH is 1. The maximum absolute atomic E-state index is 12.5. The number of nitrogens with one attached hydrogen (secondary N) is 2. The molecule has 0 aliphatic carbocycles. The Labute approximate surface area is 169 Å². The third-order valence-corrected chi connectivity index (χ3v) is 4.77. The molecule has 2 rings (SSSR count). The Morgan fingerprint density at radius 2 is 1.83 bits per heavy atom. The molecule has 1 unspecified atom stereocenters. The van der Waals surface area contributed by atoms with Crippen molar-refractivity contribution < 1.29 is 28.6 Å². The van der Waals surface area contributed by atoms with Crippen molar-refractivity contribution in [3.8, 4) is 0 Å². The van der Waals surface area contributed by atoms with E-state index in [2.05, 4.69) is 29.2 Å². The van der Waals surface area contributed by atoms with Crippen molar-refractivity contribution in [3.63, 3.8) is 0 Å². The molecule has 1 aromatic carbocycles. The second-order valence-corrected chi connectivity index (χ2v) is 7.75. The normalized spacial score (nSPS) is 12.7. The summed E-state index contributed by atoms with van der Waals surface area (Å²) in [6.07, 6.45) is 0.359. The zero-order chi connectivity index (χ0) is 21.8. The zero-order valence-corrected chi connectivity index (χ0v) is 17.4. The largest absolute Gasteiger partial charge is 0.468 e. The molecule has 0 saturated heterocycles. The van der Waals surface area contributed by atoms with E-state index in [1.165, 1.54) is 27.2 Å². The molecule has 0 aliphatic heterocycles. The van der Waals surface area contributed by atoms with Crippen LogP contribution in [0, 0.1) is 5.41 Å². The molecule has 3 N–H and O–H groups in total. The van der Waals surface area contributed by atoms with Crippen LogP contribution in [0.2, 0.25) is 0 Å². The van der Waals surface area contributed by atoms with E-state index in [-0.39, 0.29) is 19.0 Å². The van der Waals surface area contributed by atoms with Crippen LogP contribution < -0.4 is 10.6 Å². The van der Waals surface area contributed by atoms with Crippen LogP contribution in [0.4, 0.5) is 0 Å². The molecular formula is C21H28N2O6. The second kappa shape index (κ2) is 9.09. The van der Waals surface area contributed by atoms with Crippen molar-refractivity contribution in [1.82, 2.24) is 10.6 Å². The highest BCUT2D eigenvalue weighted by atomic mass is 16.5. The van der Waals surface area contributed by atoms with Crippen molar-refractivity contribution >= 4 is 28.8 Å². The van der Waals surface area contributed by atoms with E-state index in [4.69, 9.17) is 4.42 Å². The van der Waals surface area contributed by atoms with Crippen molar-refractivity contribution in [2.75, 3.05) is 20.2 Å². The Kier molecular flexibility index (Phi) is 7.02. The number of esters is 1. The number of carbonyl (C=O) groups is 3. The van der Waals surface area contributed by atoms with Crippen LogP contribution in [0.3, 0.4) is 0 Å². The van der Waals surface area contributed by atoms with Gasteiger partial charge in [0.05, 0.1) is 18.8 Å². The first-order valence-corrected chi connectivity index (χ1v) is 9.42. The topological polar surface area (TPSA) is 118 Å². The number of rotatable bonds is 8. The summed E-state index contributed by atoms with van der Waals surface area (Å²) in [5.74, 6) is -1.32. The van der Waals surface area contributed by atoms with E-state index < -0.39 is 23.4 Å². The lowest BCUT2D eigenvalue weighted by Gasteiger charge is -2.21. The molecule has 29 heavy (non-hydrogen) atoms. The number of hydrogen-bond acceptors (Lipinski definition) is 6. The Hall–Kier alpha value is -2.87. The molecule has 1 aromatic heterocycles. The molecule has 1 heterocycles. The van der Waals surface area contributed by atoms with Crippen molar-refractivity contribution in [1.29, 1.82) is 0 Å². The Balaban J connectivity index is 1.94. The van der Waals surface area contributed by atoms with E-state index in [0.29, 0.717) is 22.5 Å². The van der Waals surface area contributed by atoms with Gasteiger partial charge in [-0.1, -0.05) is 19.9 Å². The molecule has 0 spiro atoms. The van der Waals surface area contributed by atoms with E-state index in [0.717, 1.165) is 5.56 Å². The van der Waals surface area contributed by atoms with Gasteiger partial charge in [0.2, 0.25) is 5.91 Å². The minimum atomic E-state index is -1.37. The average molecular weight is 404 g/mol. The molecule has 0 saturated carbocycles. The van der Waals surface area contributed by atoms with Crippen LogP contribution in [-0.2, 0) is 14.3 Å². The van der Waals surface area contributed by atoms with Gasteiger partial charge < -0.3 is 24.9 Å². The Bertz CT molecular complexity index is 900. The predicted molar refractivity (Wildman–Crippen MR) is 107 cm³/mol. The molecule has 0 fully saturated rings. The highest BCUT2D eigenvalue weighted by Gasteiger charge is 2.37. The minimum Gasteiger partial charge on any atom is -0.468 e. The summed E-state index contributed by atoms with van der Waals surface area (Å²) in [4.78, 5) is 36.2. The molecule has 8 heteroatoms. The van der Waals surface area contributed by atoms with E-state index >= 15 is 0 Å². The SMILES string of the molecule is COC(=O)C(C)(C)C(=O)NCC(O)CNC(=O)c1coc2ccc(C(C)C)cc12. The summed E-state index contributed by atoms with van der Waals surface area (Å²) in [5.41, 5.74) is 0.702. The van der Waals surface area contributed by atoms with Crippen molar-refractivity contribution in [2.45, 2.75) is 39.7 Å². The van der Waals surface area contributed by atoms with Gasteiger partial charge in [-0.15, -0.1) is 0 Å². The predicted octanol–water partition coefficient (Wildman–Crippen LogP) is 1.96. The molecule has 0 radical (unpaired) electrons. The number of benzene rings is 1. The van der Waals surface area contributed by atoms with E-state index in [1.54, 1.807) is 0 Å². The third-order valence-electron chi connectivity index (χ3n) is 4.77. The van der Waals surface area contributed by atoms with Gasteiger partial charge in [0.25, 0.3) is 5.91 Å². The van der Waals surface area contributed by atoms with Gasteiger partial charge >= 0.3 is 5.97 Å². The van der Waals surface area contributed by atoms with Gasteiger partial charge in [-0.2, -0.15) is 0 Å². The smallest absolute Gasteiger partial charge is 0.320 e. The molecule has 0 aliphatic rings. The molecule has 2 aromatic rings. The van der Waals surface area contributed by atoms with Gasteiger partial charge in [-0.25, -0.2) is 0 Å². The van der Waals surface area contributed by atoms with Gasteiger partial charge in [0, 0.05) is 18.5 Å². The number of ether oxygens (including phenoxy) is 1. The summed E-state index contributed by atoms with van der Waals surface area (Å²) in [5, 5.41) is 15.9. The Morgan fingerprint density at radius 1 is 1.17 bits per heavy atom. The standard InChI is InChI=1S/C21H28N2O6/c1-12(2)13-6-7-17-15(8-13)16(11-29-17)18(25)22-9-14(24)10-23-19(26)21(3,4)20(27)28-5/h6-8,11-12,14,24H,9-10H2,1-5H3,(H,22,25)(H,23,26). The van der Waals surface area contributed by atoms with Crippen LogP contribution in [-0.4, -0.2) is 49.2 Å². The second-order valence-electron chi connectivity index (χ2n) is 7.75. The van der Waals surface area contributed by atoms with Gasteiger partial charge in [-0.05, 0) is 37.5 Å². The number of amides is 2. The van der Waals surface area contributed by atoms with Gasteiger partial charge in [0.15, 0.2) is 0 Å². The number of methoxy groups -OCH3 is 1. The molecule has 1 atom stereocenters. The minimum absolute atomic E-state index is 0.0751. The average Bonchev–Trinajstić information content (AvgIpc) is 3.12. The summed E-state index contributed by atoms with van der Waals surface area (Å²) >= 11 is 0. The van der Waals surface area contributed by atoms with Crippen molar-refractivity contribution in [2.24, 2.45) is 5.41 Å². The number of aliphatic hydroxyl groups is 1. The maximum Gasteiger partial charge on any atom is 0.320 e. The molecular weight excluding hydrogens is 376 g/mol. The lowest BCUT2D eigenvalue weighted by Crippen LogP contribution is -2.47. The Morgan fingerprint density at radius 3 is 2.45 bits per heavy atom. The van der Waals surface area contributed by atoms with Crippen molar-refractivity contribution in [3.05, 3.63) is 35.6 Å². The summed E-state index contributed by atoms with van der Waals surface area (Å²) in [6.45, 7) is 6.78. The lowest BCUT2D eigenvalue weighted by atomic mass is 9.92. The number of hydrogen-bond donors (Lipinski definition) is 3. The highest BCUT2D eigenvalue weighted by molar-refractivity contribution is 6.06. The number of carbonyl (C=O) groups excluding carboxylic acids is 3. The quantitative estimate of drug-likeness (QED) is 0.457. The molecule has 0 bridgehead atoms. The maximum atomic E-state index is 12.5. The summed E-state index contributed by atoms with van der Waals surface area (Å²) in [7, 11) is 1.20. The number of furan rings is 1. The van der Waals surface area contributed by atoms with Crippen LogP contribution in [0.5, 0.6) is 0 Å². The number of fused-ring (bicyclic) bond motifs is 1. The van der Waals surface area contributed by atoms with E-state index in [9.17, 15) is 19.5 Å². The van der Waals surface area contributed by atoms with Gasteiger partial charge in [-0.3, -0.25) is 14.4 Å². The summed E-state index contributed by atoms with van der Waals surface area (Å²) in [6, 6.07) is 5.71. The first kappa shape index (κ1) is 22.4. The van der Waals surface area contributed by atoms with Crippen LogP contribution >= 0.6 is 0 Å². The fourth-order valence-corrected chi connectivity index (χ4v) is 2.74. The third kappa shape index (κ3) is 5.14. The molecule has 2 amide bonds. The van der Waals surface area contributed by atoms with Crippen LogP contribution in [0.1, 0.15) is 49.5 Å². The molecule has 8 nitrogen and oxygen atoms in total. The van der Waals surface area contributed by atoms with E-state index in [1.807, 2.05) is 18.2 Å². The fraction of sp³-hybridized carbons (Fsp3) is 0.476. The van der Waals surface area contributed by atoms with Crippen LogP contribution in [0.15, 0.2) is 28.9 Å². The molecule has 158 valence electrons. The summed E-state index contributed by atoms with van der Waals surface area (Å²) < 4.78 is 10.0.